The minimum atomic E-state index is -4.04. The summed E-state index contributed by atoms with van der Waals surface area (Å²) in [5.74, 6) is 0.658. The van der Waals surface area contributed by atoms with E-state index in [1.807, 2.05) is 0 Å². The summed E-state index contributed by atoms with van der Waals surface area (Å²) >= 11 is 0. The van der Waals surface area contributed by atoms with Crippen molar-refractivity contribution in [1.82, 2.24) is 10.6 Å². The smallest absolute Gasteiger partial charge is 0.356 e. The molecule has 3 nitrogen and oxygen atoms in total. The Labute approximate surface area is 124 Å². The maximum atomic E-state index is 11.9. The Bertz CT molecular complexity index is 220. The highest BCUT2D eigenvalue weighted by molar-refractivity contribution is 14.0. The molecule has 0 saturated carbocycles. The Morgan fingerprint density at radius 1 is 1.06 bits per heavy atom. The molecule has 0 spiro atoms. The van der Waals surface area contributed by atoms with Gasteiger partial charge in [-0.05, 0) is 19.3 Å². The zero-order chi connectivity index (χ0) is 13.1. The number of alkyl halides is 3. The summed E-state index contributed by atoms with van der Waals surface area (Å²) in [6.45, 7) is 3.44. The topological polar surface area (TPSA) is 36.4 Å². The number of hydrogen-bond acceptors (Lipinski definition) is 1. The van der Waals surface area contributed by atoms with Crippen LogP contribution in [0.1, 0.15) is 39.0 Å². The molecule has 0 aromatic carbocycles. The van der Waals surface area contributed by atoms with Crippen LogP contribution in [-0.2, 0) is 0 Å². The second kappa shape index (κ2) is 11.9. The van der Waals surface area contributed by atoms with Crippen LogP contribution in [0, 0.1) is 0 Å². The van der Waals surface area contributed by atoms with E-state index in [1.54, 1.807) is 7.05 Å². The van der Waals surface area contributed by atoms with E-state index in [2.05, 4.69) is 22.5 Å². The van der Waals surface area contributed by atoms with Gasteiger partial charge in [0.1, 0.15) is 0 Å². The lowest BCUT2D eigenvalue weighted by Gasteiger charge is -2.11. The number of nitrogens with one attached hydrogen (secondary N) is 2. The number of hydrogen-bond donors (Lipinski definition) is 2. The van der Waals surface area contributed by atoms with E-state index in [1.165, 1.54) is 0 Å². The summed E-state index contributed by atoms with van der Waals surface area (Å²) in [6.07, 6.45) is -1.96. The molecule has 2 N–H and O–H groups in total. The number of nitrogens with zero attached hydrogens (tertiary/aromatic N) is 1. The fourth-order valence-electron chi connectivity index (χ4n) is 1.26. The average molecular weight is 381 g/mol. The molecule has 0 unspecified atom stereocenters. The van der Waals surface area contributed by atoms with Crippen molar-refractivity contribution < 1.29 is 13.2 Å². The van der Waals surface area contributed by atoms with Crippen LogP contribution in [-0.4, -0.2) is 32.3 Å². The van der Waals surface area contributed by atoms with Gasteiger partial charge >= 0.3 is 6.18 Å². The van der Waals surface area contributed by atoms with Crippen LogP contribution in [0.25, 0.3) is 0 Å². The van der Waals surface area contributed by atoms with Gasteiger partial charge in [-0.3, -0.25) is 4.99 Å². The second-order valence-corrected chi connectivity index (χ2v) is 3.85. The molecule has 0 saturated heterocycles. The lowest BCUT2D eigenvalue weighted by molar-refractivity contribution is -0.135. The van der Waals surface area contributed by atoms with Crippen LogP contribution in [0.5, 0.6) is 0 Å². The number of halogens is 4. The van der Waals surface area contributed by atoms with Crippen molar-refractivity contribution in [3.8, 4) is 0 Å². The fraction of sp³-hybridized carbons (Fsp3) is 0.909. The van der Waals surface area contributed by atoms with E-state index in [9.17, 15) is 13.2 Å². The summed E-state index contributed by atoms with van der Waals surface area (Å²) in [5.41, 5.74) is 0. The van der Waals surface area contributed by atoms with Gasteiger partial charge in [0.15, 0.2) is 5.96 Å². The van der Waals surface area contributed by atoms with Crippen molar-refractivity contribution >= 4 is 29.9 Å². The van der Waals surface area contributed by atoms with Crippen LogP contribution in [0.4, 0.5) is 13.2 Å². The van der Waals surface area contributed by atoms with E-state index in [0.717, 1.165) is 19.4 Å². The third-order valence-corrected chi connectivity index (χ3v) is 2.23. The van der Waals surface area contributed by atoms with Gasteiger partial charge in [0, 0.05) is 26.6 Å². The normalized spacial score (nSPS) is 11.9. The molecule has 0 amide bonds. The van der Waals surface area contributed by atoms with Crippen molar-refractivity contribution in [2.24, 2.45) is 4.99 Å². The molecular weight excluding hydrogens is 358 g/mol. The van der Waals surface area contributed by atoms with Gasteiger partial charge in [-0.1, -0.05) is 13.3 Å². The van der Waals surface area contributed by atoms with Crippen LogP contribution >= 0.6 is 24.0 Å². The van der Waals surface area contributed by atoms with E-state index >= 15 is 0 Å². The quantitative estimate of drug-likeness (QED) is 0.307. The molecule has 18 heavy (non-hydrogen) atoms. The summed E-state index contributed by atoms with van der Waals surface area (Å²) in [7, 11) is 1.65. The molecule has 0 atom stereocenters. The number of unbranched alkanes of at least 4 members (excludes halogenated alkanes) is 2. The van der Waals surface area contributed by atoms with Crippen LogP contribution in [0.15, 0.2) is 4.99 Å². The molecule has 0 aromatic heterocycles. The van der Waals surface area contributed by atoms with Crippen LogP contribution < -0.4 is 10.6 Å². The van der Waals surface area contributed by atoms with Gasteiger partial charge in [-0.2, -0.15) is 13.2 Å². The lowest BCUT2D eigenvalue weighted by atomic mass is 10.2. The van der Waals surface area contributed by atoms with Crippen LogP contribution in [0.2, 0.25) is 0 Å². The molecule has 0 aliphatic heterocycles. The van der Waals surface area contributed by atoms with Crippen molar-refractivity contribution in [3.05, 3.63) is 0 Å². The number of aliphatic imine (C=N–C) groups is 1. The minimum Gasteiger partial charge on any atom is -0.356 e. The predicted molar refractivity (Wildman–Crippen MR) is 79.6 cm³/mol. The first-order chi connectivity index (χ1) is 7.99. The highest BCUT2D eigenvalue weighted by atomic mass is 127. The van der Waals surface area contributed by atoms with Gasteiger partial charge in [-0.25, -0.2) is 0 Å². The molecule has 0 rings (SSSR count). The summed E-state index contributed by atoms with van der Waals surface area (Å²) in [5, 5.41) is 6.08. The SMILES string of the molecule is CCCCNC(=NC)NCCCCC(F)(F)F.I. The highest BCUT2D eigenvalue weighted by Crippen LogP contribution is 2.21. The van der Waals surface area contributed by atoms with Crippen LogP contribution in [0.3, 0.4) is 0 Å². The first kappa shape index (κ1) is 20.1. The lowest BCUT2D eigenvalue weighted by Crippen LogP contribution is -2.38. The van der Waals surface area contributed by atoms with Gasteiger partial charge in [-0.15, -0.1) is 24.0 Å². The summed E-state index contributed by atoms with van der Waals surface area (Å²) in [6, 6.07) is 0. The van der Waals surface area contributed by atoms with E-state index < -0.39 is 12.6 Å². The Kier molecular flexibility index (Phi) is 13.2. The van der Waals surface area contributed by atoms with Gasteiger partial charge in [0.2, 0.25) is 0 Å². The largest absolute Gasteiger partial charge is 0.389 e. The molecule has 0 radical (unpaired) electrons. The Balaban J connectivity index is 0. The Morgan fingerprint density at radius 2 is 1.61 bits per heavy atom. The number of rotatable bonds is 7. The van der Waals surface area contributed by atoms with Crippen molar-refractivity contribution in [2.75, 3.05) is 20.1 Å². The average Bonchev–Trinajstić information content (AvgIpc) is 2.25. The van der Waals surface area contributed by atoms with Gasteiger partial charge in [0.25, 0.3) is 0 Å². The monoisotopic (exact) mass is 381 g/mol. The zero-order valence-corrected chi connectivity index (χ0v) is 13.3. The van der Waals surface area contributed by atoms with Crippen molar-refractivity contribution in [2.45, 2.75) is 45.2 Å². The maximum absolute atomic E-state index is 11.9. The molecule has 0 aromatic rings. The van der Waals surface area contributed by atoms with Gasteiger partial charge in [0.05, 0.1) is 0 Å². The van der Waals surface area contributed by atoms with Gasteiger partial charge < -0.3 is 10.6 Å². The highest BCUT2D eigenvalue weighted by Gasteiger charge is 2.25. The third kappa shape index (κ3) is 13.9. The number of guanidine groups is 1. The first-order valence-electron chi connectivity index (χ1n) is 6.01. The molecule has 0 heterocycles. The van der Waals surface area contributed by atoms with Crippen molar-refractivity contribution in [1.29, 1.82) is 0 Å². The molecule has 0 bridgehead atoms. The maximum Gasteiger partial charge on any atom is 0.389 e. The molecule has 110 valence electrons. The first-order valence-corrected chi connectivity index (χ1v) is 6.01. The molecule has 0 aliphatic rings. The minimum absolute atomic E-state index is 0. The van der Waals surface area contributed by atoms with E-state index in [0.29, 0.717) is 18.9 Å². The third-order valence-electron chi connectivity index (χ3n) is 2.23. The van der Waals surface area contributed by atoms with E-state index in [-0.39, 0.29) is 30.4 Å². The molecular formula is C11H23F3IN3. The fourth-order valence-corrected chi connectivity index (χ4v) is 1.26. The summed E-state index contributed by atoms with van der Waals surface area (Å²) < 4.78 is 35.6. The Hall–Kier alpha value is -0.210. The standard InChI is InChI=1S/C11H22F3N3.HI/c1-3-4-8-16-10(15-2)17-9-6-5-7-11(12,13)14;/h3-9H2,1-2H3,(H2,15,16,17);1H. The predicted octanol–water partition coefficient (Wildman–Crippen LogP) is 3.30. The second-order valence-electron chi connectivity index (χ2n) is 3.85. The van der Waals surface area contributed by atoms with E-state index in [4.69, 9.17) is 0 Å². The molecule has 7 heteroatoms. The molecule has 0 fully saturated rings. The zero-order valence-electron chi connectivity index (χ0n) is 10.9. The Morgan fingerprint density at radius 3 is 2.06 bits per heavy atom. The summed E-state index contributed by atoms with van der Waals surface area (Å²) in [4.78, 5) is 3.98. The molecule has 0 aliphatic carbocycles. The van der Waals surface area contributed by atoms with Crippen molar-refractivity contribution in [3.63, 3.8) is 0 Å².